The first-order valence-corrected chi connectivity index (χ1v) is 11.0. The zero-order chi connectivity index (χ0) is 21.7. The Kier molecular flexibility index (Phi) is 4.74. The average molecular weight is 432 g/mol. The molecule has 3 heterocycles. The van der Waals surface area contributed by atoms with Crippen LogP contribution in [0.15, 0.2) is 47.6 Å². The summed E-state index contributed by atoms with van der Waals surface area (Å²) in [5.74, 6) is 0.706. The number of fused-ring (bicyclic) bond motifs is 4. The number of hydrogen-bond acceptors (Lipinski definition) is 6. The molecule has 0 bridgehead atoms. The van der Waals surface area contributed by atoms with Crippen LogP contribution in [0.3, 0.4) is 0 Å². The highest BCUT2D eigenvalue weighted by molar-refractivity contribution is 8.00. The van der Waals surface area contributed by atoms with E-state index in [2.05, 4.69) is 10.1 Å². The highest BCUT2D eigenvalue weighted by Crippen LogP contribution is 2.32. The molecule has 0 saturated carbocycles. The molecule has 1 atom stereocenters. The van der Waals surface area contributed by atoms with Crippen molar-refractivity contribution in [3.63, 3.8) is 0 Å². The lowest BCUT2D eigenvalue weighted by Crippen LogP contribution is -2.25. The van der Waals surface area contributed by atoms with Crippen LogP contribution < -0.4 is 4.90 Å². The summed E-state index contributed by atoms with van der Waals surface area (Å²) in [4.78, 5) is 36.0. The zero-order valence-corrected chi connectivity index (χ0v) is 18.3. The largest absolute Gasteiger partial charge is 0.312 e. The normalized spacial score (nSPS) is 14.2. The van der Waals surface area contributed by atoms with Gasteiger partial charge in [0.25, 0.3) is 0 Å². The SMILES string of the molecule is CC(=O)N1CCc2cc(C(=O)C(C)Sc3nc4ccccc4c4nc(C)nn34)ccc21. The number of anilines is 1. The maximum atomic E-state index is 13.2. The number of amides is 1. The smallest absolute Gasteiger partial charge is 0.223 e. The molecule has 31 heavy (non-hydrogen) atoms. The predicted octanol–water partition coefficient (Wildman–Crippen LogP) is 3.86. The molecule has 1 unspecified atom stereocenters. The van der Waals surface area contributed by atoms with Crippen molar-refractivity contribution < 1.29 is 9.59 Å². The third-order valence-corrected chi connectivity index (χ3v) is 6.59. The van der Waals surface area contributed by atoms with Gasteiger partial charge < -0.3 is 4.90 Å². The number of Topliss-reactive ketones (excluding diaryl/α,β-unsaturated/α-hetero) is 1. The van der Waals surface area contributed by atoms with Crippen LogP contribution in [0.1, 0.15) is 35.6 Å². The maximum Gasteiger partial charge on any atom is 0.223 e. The van der Waals surface area contributed by atoms with E-state index in [1.165, 1.54) is 11.8 Å². The Morgan fingerprint density at radius 2 is 1.94 bits per heavy atom. The van der Waals surface area contributed by atoms with E-state index < -0.39 is 0 Å². The second-order valence-electron chi connectivity index (χ2n) is 7.69. The molecule has 2 aromatic carbocycles. The lowest BCUT2D eigenvalue weighted by Gasteiger charge is -2.15. The highest BCUT2D eigenvalue weighted by atomic mass is 32.2. The number of ketones is 1. The van der Waals surface area contributed by atoms with Gasteiger partial charge in [0.1, 0.15) is 5.82 Å². The highest BCUT2D eigenvalue weighted by Gasteiger charge is 2.25. The van der Waals surface area contributed by atoms with Crippen LogP contribution in [-0.2, 0) is 11.2 Å². The molecule has 0 radical (unpaired) electrons. The first-order valence-electron chi connectivity index (χ1n) is 10.2. The van der Waals surface area contributed by atoms with Crippen molar-refractivity contribution in [1.29, 1.82) is 0 Å². The van der Waals surface area contributed by atoms with Crippen molar-refractivity contribution in [3.8, 4) is 0 Å². The Morgan fingerprint density at radius 1 is 1.13 bits per heavy atom. The number of thioether (sulfide) groups is 1. The lowest BCUT2D eigenvalue weighted by molar-refractivity contribution is -0.116. The van der Waals surface area contributed by atoms with Gasteiger partial charge >= 0.3 is 0 Å². The van der Waals surface area contributed by atoms with E-state index in [1.807, 2.05) is 56.3 Å². The van der Waals surface area contributed by atoms with Gasteiger partial charge in [-0.25, -0.2) is 9.97 Å². The van der Waals surface area contributed by atoms with Gasteiger partial charge in [0.15, 0.2) is 16.6 Å². The van der Waals surface area contributed by atoms with E-state index in [9.17, 15) is 9.59 Å². The van der Waals surface area contributed by atoms with E-state index in [0.29, 0.717) is 23.1 Å². The first kappa shape index (κ1) is 19.7. The van der Waals surface area contributed by atoms with Crippen molar-refractivity contribution in [2.75, 3.05) is 11.4 Å². The third kappa shape index (κ3) is 3.37. The van der Waals surface area contributed by atoms with E-state index in [1.54, 1.807) is 16.3 Å². The molecule has 1 aliphatic heterocycles. The molecule has 0 spiro atoms. The lowest BCUT2D eigenvalue weighted by atomic mass is 10.0. The quantitative estimate of drug-likeness (QED) is 0.277. The van der Waals surface area contributed by atoms with Crippen LogP contribution in [0.25, 0.3) is 16.6 Å². The average Bonchev–Trinajstić information content (AvgIpc) is 3.36. The Balaban J connectivity index is 1.46. The molecule has 8 heteroatoms. The number of carbonyl (C=O) groups excluding carboxylic acids is 2. The Bertz CT molecular complexity index is 1360. The Labute approximate surface area is 183 Å². The number of nitrogens with zero attached hydrogens (tertiary/aromatic N) is 5. The van der Waals surface area contributed by atoms with Gasteiger partial charge in [0.05, 0.1) is 10.8 Å². The molecule has 5 rings (SSSR count). The van der Waals surface area contributed by atoms with Crippen molar-refractivity contribution in [2.45, 2.75) is 37.6 Å². The van der Waals surface area contributed by atoms with Gasteiger partial charge in [0, 0.05) is 30.1 Å². The molecule has 2 aromatic heterocycles. The first-order chi connectivity index (χ1) is 14.9. The predicted molar refractivity (Wildman–Crippen MR) is 121 cm³/mol. The second-order valence-corrected chi connectivity index (χ2v) is 9.00. The number of rotatable bonds is 4. The van der Waals surface area contributed by atoms with Crippen molar-refractivity contribution in [3.05, 3.63) is 59.4 Å². The second kappa shape index (κ2) is 7.46. The number of aryl methyl sites for hydroxylation is 1. The van der Waals surface area contributed by atoms with Crippen LogP contribution >= 0.6 is 11.8 Å². The summed E-state index contributed by atoms with van der Waals surface area (Å²) < 4.78 is 1.72. The van der Waals surface area contributed by atoms with Crippen molar-refractivity contribution >= 4 is 45.7 Å². The monoisotopic (exact) mass is 431 g/mol. The van der Waals surface area contributed by atoms with E-state index in [4.69, 9.17) is 4.98 Å². The third-order valence-electron chi connectivity index (χ3n) is 5.55. The van der Waals surface area contributed by atoms with Crippen LogP contribution in [0, 0.1) is 6.92 Å². The fourth-order valence-corrected chi connectivity index (χ4v) is 4.98. The van der Waals surface area contributed by atoms with Gasteiger partial charge in [-0.05, 0) is 56.2 Å². The summed E-state index contributed by atoms with van der Waals surface area (Å²) in [5, 5.41) is 5.71. The number of benzene rings is 2. The molecule has 156 valence electrons. The number of aromatic nitrogens is 4. The minimum atomic E-state index is -0.357. The Hall–Kier alpha value is -3.26. The fourth-order valence-electron chi connectivity index (χ4n) is 4.04. The molecule has 7 nitrogen and oxygen atoms in total. The van der Waals surface area contributed by atoms with Gasteiger partial charge in [0.2, 0.25) is 5.91 Å². The van der Waals surface area contributed by atoms with E-state index >= 15 is 0 Å². The van der Waals surface area contributed by atoms with Crippen LogP contribution in [0.5, 0.6) is 0 Å². The van der Waals surface area contributed by atoms with E-state index in [-0.39, 0.29) is 16.9 Å². The molecule has 1 amide bonds. The molecule has 0 N–H and O–H groups in total. The Morgan fingerprint density at radius 3 is 2.74 bits per heavy atom. The van der Waals surface area contributed by atoms with E-state index in [0.717, 1.165) is 34.2 Å². The number of carbonyl (C=O) groups is 2. The number of para-hydroxylation sites is 1. The molecule has 0 saturated heterocycles. The van der Waals surface area contributed by atoms with Crippen LogP contribution in [0.2, 0.25) is 0 Å². The van der Waals surface area contributed by atoms with Crippen LogP contribution in [0.4, 0.5) is 5.69 Å². The topological polar surface area (TPSA) is 80.5 Å². The summed E-state index contributed by atoms with van der Waals surface area (Å²) in [6.45, 7) is 5.96. The van der Waals surface area contributed by atoms with Gasteiger partial charge in [-0.15, -0.1) is 5.10 Å². The molecule has 0 aliphatic carbocycles. The van der Waals surface area contributed by atoms with Gasteiger partial charge in [-0.3, -0.25) is 9.59 Å². The molecule has 1 aliphatic rings. The zero-order valence-electron chi connectivity index (χ0n) is 17.5. The molecule has 4 aromatic rings. The number of hydrogen-bond donors (Lipinski definition) is 0. The molecular weight excluding hydrogens is 410 g/mol. The minimum absolute atomic E-state index is 0.0222. The van der Waals surface area contributed by atoms with Gasteiger partial charge in [-0.1, -0.05) is 23.9 Å². The summed E-state index contributed by atoms with van der Waals surface area (Å²) in [6, 6.07) is 13.4. The molecule has 0 fully saturated rings. The maximum absolute atomic E-state index is 13.2. The van der Waals surface area contributed by atoms with Crippen molar-refractivity contribution in [2.24, 2.45) is 0 Å². The standard InChI is InChI=1S/C23H21N5O2S/c1-13(21(30)17-8-9-20-16(12-17)10-11-27(20)15(3)29)31-23-25-19-7-5-4-6-18(19)22-24-14(2)26-28(22)23/h4-9,12-13H,10-11H2,1-3H3. The fraction of sp³-hybridized carbons (Fsp3) is 0.261. The molecular formula is C23H21N5O2S. The van der Waals surface area contributed by atoms with Crippen molar-refractivity contribution in [1.82, 2.24) is 19.6 Å². The summed E-state index contributed by atoms with van der Waals surface area (Å²) in [5.41, 5.74) is 4.16. The summed E-state index contributed by atoms with van der Waals surface area (Å²) >= 11 is 1.38. The van der Waals surface area contributed by atoms with Gasteiger partial charge in [-0.2, -0.15) is 4.52 Å². The minimum Gasteiger partial charge on any atom is -0.312 e. The summed E-state index contributed by atoms with van der Waals surface area (Å²) in [7, 11) is 0. The van der Waals surface area contributed by atoms with Crippen LogP contribution in [-0.4, -0.2) is 43.1 Å². The summed E-state index contributed by atoms with van der Waals surface area (Å²) in [6.07, 6.45) is 0.767.